The molecular weight excluding hydrogens is 382 g/mol. The van der Waals surface area contributed by atoms with Crippen molar-refractivity contribution in [3.05, 3.63) is 58.6 Å². The van der Waals surface area contributed by atoms with E-state index in [2.05, 4.69) is 5.32 Å². The number of amides is 1. The minimum absolute atomic E-state index is 0.194. The minimum atomic E-state index is -0.931. The fourth-order valence-corrected chi connectivity index (χ4v) is 3.19. The number of halogens is 1. The third-order valence-electron chi connectivity index (χ3n) is 4.41. The standard InChI is InChI=1S/C21H20ClNO5/c1-12(20(25)14-3-6-18(7-4-14)23-13(2)24)28-21(26)16-9-15-10-17(22)5-8-19(15)27-11-16/h3-8,10,12,16H,9,11H2,1-2H3,(H,23,24)/t12-,16+/m1/s1. The van der Waals surface area contributed by atoms with Crippen LogP contribution in [0.4, 0.5) is 5.69 Å². The number of carbonyl (C=O) groups is 3. The van der Waals surface area contributed by atoms with Crippen LogP contribution in [0.2, 0.25) is 5.02 Å². The fourth-order valence-electron chi connectivity index (χ4n) is 2.99. The molecule has 0 fully saturated rings. The Bertz CT molecular complexity index is 910. The van der Waals surface area contributed by atoms with E-state index in [0.717, 1.165) is 5.56 Å². The van der Waals surface area contributed by atoms with Crippen LogP contribution in [0.15, 0.2) is 42.5 Å². The molecule has 6 nitrogen and oxygen atoms in total. The smallest absolute Gasteiger partial charge is 0.313 e. The highest BCUT2D eigenvalue weighted by molar-refractivity contribution is 6.30. The number of ether oxygens (including phenoxy) is 2. The second kappa shape index (κ2) is 8.44. The first kappa shape index (κ1) is 19.9. The minimum Gasteiger partial charge on any atom is -0.492 e. The molecule has 1 N–H and O–H groups in total. The Labute approximate surface area is 167 Å². The first-order valence-electron chi connectivity index (χ1n) is 8.87. The molecule has 1 amide bonds. The van der Waals surface area contributed by atoms with Crippen molar-refractivity contribution in [1.82, 2.24) is 0 Å². The van der Waals surface area contributed by atoms with E-state index >= 15 is 0 Å². The lowest BCUT2D eigenvalue weighted by atomic mass is 9.97. The van der Waals surface area contributed by atoms with Crippen molar-refractivity contribution in [2.75, 3.05) is 11.9 Å². The summed E-state index contributed by atoms with van der Waals surface area (Å²) in [5.41, 5.74) is 1.82. The van der Waals surface area contributed by atoms with Crippen LogP contribution in [-0.2, 0) is 20.7 Å². The maximum Gasteiger partial charge on any atom is 0.313 e. The van der Waals surface area contributed by atoms with Crippen LogP contribution < -0.4 is 10.1 Å². The Kier molecular flexibility index (Phi) is 5.99. The number of esters is 1. The van der Waals surface area contributed by atoms with Gasteiger partial charge in [0.2, 0.25) is 11.7 Å². The van der Waals surface area contributed by atoms with Crippen LogP contribution >= 0.6 is 11.6 Å². The maximum absolute atomic E-state index is 12.5. The molecule has 0 saturated carbocycles. The number of nitrogens with one attached hydrogen (secondary N) is 1. The van der Waals surface area contributed by atoms with Crippen molar-refractivity contribution in [2.45, 2.75) is 26.4 Å². The topological polar surface area (TPSA) is 81.7 Å². The summed E-state index contributed by atoms with van der Waals surface area (Å²) in [6, 6.07) is 11.7. The number of carbonyl (C=O) groups excluding carboxylic acids is 3. The third-order valence-corrected chi connectivity index (χ3v) is 4.65. The molecule has 28 heavy (non-hydrogen) atoms. The lowest BCUT2D eigenvalue weighted by Crippen LogP contribution is -2.34. The summed E-state index contributed by atoms with van der Waals surface area (Å²) in [5, 5.41) is 3.20. The molecule has 2 atom stereocenters. The molecule has 0 aliphatic carbocycles. The van der Waals surface area contributed by atoms with Crippen LogP contribution in [0, 0.1) is 5.92 Å². The van der Waals surface area contributed by atoms with Gasteiger partial charge in [-0.2, -0.15) is 0 Å². The molecule has 146 valence electrons. The monoisotopic (exact) mass is 401 g/mol. The SMILES string of the molecule is CC(=O)Nc1ccc(C(=O)[C@@H](C)OC(=O)[C@@H]2COc3ccc(Cl)cc3C2)cc1. The van der Waals surface area contributed by atoms with Crippen molar-refractivity contribution >= 4 is 34.9 Å². The van der Waals surface area contributed by atoms with E-state index < -0.39 is 18.0 Å². The van der Waals surface area contributed by atoms with Crippen molar-refractivity contribution in [3.8, 4) is 5.75 Å². The van der Waals surface area contributed by atoms with Gasteiger partial charge in [-0.25, -0.2) is 0 Å². The maximum atomic E-state index is 12.5. The summed E-state index contributed by atoms with van der Waals surface area (Å²) >= 11 is 6.00. The molecule has 1 aliphatic heterocycles. The zero-order valence-electron chi connectivity index (χ0n) is 15.5. The van der Waals surface area contributed by atoms with Crippen LogP contribution in [0.25, 0.3) is 0 Å². The number of ketones is 1. The number of Topliss-reactive ketones (excluding diaryl/α,β-unsaturated/α-hetero) is 1. The Morgan fingerprint density at radius 1 is 1.18 bits per heavy atom. The Balaban J connectivity index is 1.61. The number of hydrogen-bond acceptors (Lipinski definition) is 5. The largest absolute Gasteiger partial charge is 0.492 e. The number of anilines is 1. The van der Waals surface area contributed by atoms with Gasteiger partial charge in [-0.15, -0.1) is 0 Å². The molecule has 1 aliphatic rings. The Morgan fingerprint density at radius 3 is 2.57 bits per heavy atom. The third kappa shape index (κ3) is 4.70. The van der Waals surface area contributed by atoms with E-state index in [9.17, 15) is 14.4 Å². The van der Waals surface area contributed by atoms with Gasteiger partial charge in [0, 0.05) is 23.2 Å². The summed E-state index contributed by atoms with van der Waals surface area (Å²) in [5.74, 6) is -0.789. The molecule has 0 bridgehead atoms. The van der Waals surface area contributed by atoms with E-state index in [-0.39, 0.29) is 18.3 Å². The van der Waals surface area contributed by atoms with Crippen LogP contribution in [0.5, 0.6) is 5.75 Å². The highest BCUT2D eigenvalue weighted by Crippen LogP contribution is 2.30. The molecule has 0 aromatic heterocycles. The van der Waals surface area contributed by atoms with Gasteiger partial charge in [-0.3, -0.25) is 14.4 Å². The van der Waals surface area contributed by atoms with E-state index in [1.165, 1.54) is 13.8 Å². The van der Waals surface area contributed by atoms with Gasteiger partial charge in [0.15, 0.2) is 6.10 Å². The Hall–Kier alpha value is -2.86. The van der Waals surface area contributed by atoms with Crippen molar-refractivity contribution in [1.29, 1.82) is 0 Å². The molecule has 0 spiro atoms. The number of benzene rings is 2. The number of rotatable bonds is 5. The summed E-state index contributed by atoms with van der Waals surface area (Å²) in [7, 11) is 0. The molecule has 3 rings (SSSR count). The molecule has 0 radical (unpaired) electrons. The fraction of sp³-hybridized carbons (Fsp3) is 0.286. The van der Waals surface area contributed by atoms with Crippen LogP contribution in [0.3, 0.4) is 0 Å². The summed E-state index contributed by atoms with van der Waals surface area (Å²) < 4.78 is 11.0. The lowest BCUT2D eigenvalue weighted by molar-refractivity contribution is -0.152. The van der Waals surface area contributed by atoms with Gasteiger partial charge in [0.1, 0.15) is 12.4 Å². The molecule has 1 heterocycles. The van der Waals surface area contributed by atoms with E-state index in [0.29, 0.717) is 28.4 Å². The first-order chi connectivity index (χ1) is 13.3. The van der Waals surface area contributed by atoms with E-state index in [4.69, 9.17) is 21.1 Å². The lowest BCUT2D eigenvalue weighted by Gasteiger charge is -2.25. The molecule has 0 unspecified atom stereocenters. The predicted octanol–water partition coefficient (Wildman–Crippen LogP) is 3.66. The van der Waals surface area contributed by atoms with Gasteiger partial charge in [-0.05, 0) is 61.4 Å². The second-order valence-electron chi connectivity index (χ2n) is 6.67. The number of fused-ring (bicyclic) bond motifs is 1. The normalized spacial score (nSPS) is 16.3. The second-order valence-corrected chi connectivity index (χ2v) is 7.10. The quantitative estimate of drug-likeness (QED) is 0.610. The average molecular weight is 402 g/mol. The van der Waals surface area contributed by atoms with Gasteiger partial charge >= 0.3 is 5.97 Å². The average Bonchev–Trinajstić information content (AvgIpc) is 2.66. The van der Waals surface area contributed by atoms with E-state index in [1.54, 1.807) is 42.5 Å². The first-order valence-corrected chi connectivity index (χ1v) is 9.25. The molecule has 2 aromatic carbocycles. The van der Waals surface area contributed by atoms with Crippen molar-refractivity contribution in [2.24, 2.45) is 5.92 Å². The zero-order valence-corrected chi connectivity index (χ0v) is 16.3. The summed E-state index contributed by atoms with van der Waals surface area (Å²) in [6.45, 7) is 3.14. The number of hydrogen-bond donors (Lipinski definition) is 1. The Morgan fingerprint density at radius 2 is 1.89 bits per heavy atom. The van der Waals surface area contributed by atoms with Gasteiger partial charge in [-0.1, -0.05) is 11.6 Å². The van der Waals surface area contributed by atoms with Crippen LogP contribution in [-0.4, -0.2) is 30.4 Å². The molecule has 2 aromatic rings. The van der Waals surface area contributed by atoms with Crippen molar-refractivity contribution < 1.29 is 23.9 Å². The molecule has 7 heteroatoms. The van der Waals surface area contributed by atoms with Gasteiger partial charge in [0.05, 0.1) is 5.92 Å². The highest BCUT2D eigenvalue weighted by Gasteiger charge is 2.30. The van der Waals surface area contributed by atoms with Crippen LogP contribution in [0.1, 0.15) is 29.8 Å². The summed E-state index contributed by atoms with van der Waals surface area (Å²) in [6.07, 6.45) is -0.485. The van der Waals surface area contributed by atoms with Gasteiger partial charge < -0.3 is 14.8 Å². The highest BCUT2D eigenvalue weighted by atomic mass is 35.5. The summed E-state index contributed by atoms with van der Waals surface area (Å²) in [4.78, 5) is 36.1. The molecular formula is C21H20ClNO5. The molecule has 0 saturated heterocycles. The van der Waals surface area contributed by atoms with E-state index in [1.807, 2.05) is 0 Å². The van der Waals surface area contributed by atoms with Crippen molar-refractivity contribution in [3.63, 3.8) is 0 Å². The van der Waals surface area contributed by atoms with Gasteiger partial charge in [0.25, 0.3) is 0 Å². The predicted molar refractivity (Wildman–Crippen MR) is 105 cm³/mol. The zero-order chi connectivity index (χ0) is 20.3.